The molecule has 0 aromatic carbocycles. The van der Waals surface area contributed by atoms with Crippen molar-refractivity contribution in [2.75, 3.05) is 0 Å². The Morgan fingerprint density at radius 2 is 1.89 bits per heavy atom. The van der Waals surface area contributed by atoms with Gasteiger partial charge in [-0.25, -0.2) is 14.6 Å². The number of hydrogen-bond acceptors (Lipinski definition) is 8. The zero-order valence-corrected chi connectivity index (χ0v) is 21.0. The average Bonchev–Trinajstić information content (AvgIpc) is 3.65. The number of carboxylic acid groups (broad SMARTS) is 1. The molecule has 0 saturated heterocycles. The summed E-state index contributed by atoms with van der Waals surface area (Å²) in [5.41, 5.74) is 4.13. The highest BCUT2D eigenvalue weighted by Crippen LogP contribution is 2.45. The van der Waals surface area contributed by atoms with Gasteiger partial charge in [-0.1, -0.05) is 11.6 Å². The van der Waals surface area contributed by atoms with E-state index >= 15 is 0 Å². The van der Waals surface area contributed by atoms with Gasteiger partial charge in [-0.2, -0.15) is 4.98 Å². The molecule has 3 aromatic rings. The molecule has 6 rings (SSSR count). The predicted octanol–water partition coefficient (Wildman–Crippen LogP) is 4.41. The van der Waals surface area contributed by atoms with Crippen molar-refractivity contribution in [2.45, 2.75) is 82.3 Å². The Balaban J connectivity index is 1.20. The quantitative estimate of drug-likeness (QED) is 0.451. The van der Waals surface area contributed by atoms with Gasteiger partial charge in [-0.05, 0) is 69.6 Å². The molecule has 3 aliphatic carbocycles. The van der Waals surface area contributed by atoms with Crippen molar-refractivity contribution in [1.82, 2.24) is 29.9 Å². The van der Waals surface area contributed by atoms with Gasteiger partial charge in [0.05, 0.1) is 29.1 Å². The van der Waals surface area contributed by atoms with E-state index in [1.165, 1.54) is 19.3 Å². The summed E-state index contributed by atoms with van der Waals surface area (Å²) >= 11 is 0. The molecule has 3 heterocycles. The summed E-state index contributed by atoms with van der Waals surface area (Å²) in [6, 6.07) is 6.18. The lowest BCUT2D eigenvalue weighted by atomic mass is 9.83. The predicted molar refractivity (Wildman–Crippen MR) is 133 cm³/mol. The van der Waals surface area contributed by atoms with Crippen molar-refractivity contribution in [3.8, 4) is 23.1 Å². The van der Waals surface area contributed by atoms with E-state index < -0.39 is 5.97 Å². The number of ether oxygens (including phenoxy) is 2. The maximum atomic E-state index is 11.5. The molecule has 0 unspecified atom stereocenters. The van der Waals surface area contributed by atoms with Crippen LogP contribution in [0.3, 0.4) is 0 Å². The molecular weight excluding hydrogens is 472 g/mol. The molecule has 0 spiro atoms. The maximum Gasteiger partial charge on any atom is 0.316 e. The monoisotopic (exact) mass is 504 g/mol. The summed E-state index contributed by atoms with van der Waals surface area (Å²) in [6.07, 6.45) is 10.4. The summed E-state index contributed by atoms with van der Waals surface area (Å²) < 4.78 is 14.0. The Labute approximate surface area is 215 Å². The lowest BCUT2D eigenvalue weighted by Crippen LogP contribution is -2.29. The molecule has 1 N–H and O–H groups in total. The van der Waals surface area contributed by atoms with Crippen molar-refractivity contribution >= 4 is 5.97 Å². The first-order valence-electron chi connectivity index (χ1n) is 13.3. The van der Waals surface area contributed by atoms with E-state index in [0.717, 1.165) is 60.6 Å². The molecule has 3 fully saturated rings. The lowest BCUT2D eigenvalue weighted by molar-refractivity contribution is -0.143. The molecule has 3 aromatic heterocycles. The first kappa shape index (κ1) is 23.8. The number of aromatic nitrogens is 6. The summed E-state index contributed by atoms with van der Waals surface area (Å²) in [4.78, 5) is 25.3. The molecule has 194 valence electrons. The fourth-order valence-electron chi connectivity index (χ4n) is 5.22. The number of aliphatic carboxylic acids is 1. The van der Waals surface area contributed by atoms with Gasteiger partial charge in [0.15, 0.2) is 0 Å². The number of nitrogens with zero attached hydrogens (tertiary/aromatic N) is 6. The van der Waals surface area contributed by atoms with Crippen LogP contribution < -0.4 is 9.47 Å². The smallest absolute Gasteiger partial charge is 0.316 e. The van der Waals surface area contributed by atoms with Gasteiger partial charge in [0.2, 0.25) is 0 Å². The number of pyridine rings is 1. The van der Waals surface area contributed by atoms with Gasteiger partial charge in [0, 0.05) is 25.1 Å². The van der Waals surface area contributed by atoms with Crippen LogP contribution in [0.5, 0.6) is 11.8 Å². The summed E-state index contributed by atoms with van der Waals surface area (Å²) in [5.74, 6) is 0.546. The van der Waals surface area contributed by atoms with Crippen LogP contribution >= 0.6 is 0 Å². The van der Waals surface area contributed by atoms with E-state index in [1.54, 1.807) is 10.9 Å². The van der Waals surface area contributed by atoms with Gasteiger partial charge in [-0.3, -0.25) is 4.79 Å². The molecule has 10 heteroatoms. The molecule has 2 atom stereocenters. The number of rotatable bonds is 9. The second kappa shape index (κ2) is 10.1. The Bertz CT molecular complexity index is 1290. The molecule has 10 nitrogen and oxygen atoms in total. The molecule has 0 aliphatic heterocycles. The van der Waals surface area contributed by atoms with Crippen molar-refractivity contribution in [3.05, 3.63) is 41.5 Å². The lowest BCUT2D eigenvalue weighted by Gasteiger charge is -2.28. The fraction of sp³-hybridized carbons (Fsp3) is 0.556. The molecule has 37 heavy (non-hydrogen) atoms. The summed E-state index contributed by atoms with van der Waals surface area (Å²) in [7, 11) is 1.84. The van der Waals surface area contributed by atoms with Crippen LogP contribution in [0.4, 0.5) is 0 Å². The van der Waals surface area contributed by atoms with E-state index in [4.69, 9.17) is 14.5 Å². The van der Waals surface area contributed by atoms with Gasteiger partial charge in [0.25, 0.3) is 0 Å². The first-order valence-corrected chi connectivity index (χ1v) is 13.3. The molecule has 3 aliphatic rings. The standard InChI is InChI=1S/C27H32N6O4/c1-33-22(15-36-27-28-13-12-20(30-27)16-4-2-5-16)25(31-32-33)21-10-11-23(24(29-21)17-8-9-17)37-19-7-3-6-18(14-19)26(34)35/h10-13,16-19H,2-9,14-15H2,1H3,(H,34,35)/t18-,19-/m0/s1. The van der Waals surface area contributed by atoms with Crippen LogP contribution in [0.25, 0.3) is 11.4 Å². The minimum absolute atomic E-state index is 0.101. The highest BCUT2D eigenvalue weighted by atomic mass is 16.5. The van der Waals surface area contributed by atoms with Crippen molar-refractivity contribution in [3.63, 3.8) is 0 Å². The summed E-state index contributed by atoms with van der Waals surface area (Å²) in [6.45, 7) is 0.226. The van der Waals surface area contributed by atoms with Gasteiger partial charge in [0.1, 0.15) is 23.7 Å². The average molecular weight is 505 g/mol. The topological polar surface area (TPSA) is 125 Å². The van der Waals surface area contributed by atoms with E-state index in [0.29, 0.717) is 30.0 Å². The van der Waals surface area contributed by atoms with Crippen molar-refractivity contribution in [2.24, 2.45) is 13.0 Å². The van der Waals surface area contributed by atoms with Crippen LogP contribution in [-0.2, 0) is 18.4 Å². The van der Waals surface area contributed by atoms with Crippen molar-refractivity contribution in [1.29, 1.82) is 0 Å². The van der Waals surface area contributed by atoms with Gasteiger partial charge >= 0.3 is 12.0 Å². The Morgan fingerprint density at radius 3 is 2.65 bits per heavy atom. The summed E-state index contributed by atoms with van der Waals surface area (Å²) in [5, 5.41) is 18.0. The third-order valence-corrected chi connectivity index (χ3v) is 7.82. The highest BCUT2D eigenvalue weighted by molar-refractivity contribution is 5.70. The number of carboxylic acids is 1. The molecule has 0 amide bonds. The maximum absolute atomic E-state index is 11.5. The molecule has 3 saturated carbocycles. The SMILES string of the molecule is Cn1nnc(-c2ccc(O[C@H]3CCC[C@H](C(=O)O)C3)c(C3CC3)n2)c1COc1nccc(C2CCC2)n1. The number of aryl methyl sites for hydroxylation is 1. The second-order valence-corrected chi connectivity index (χ2v) is 10.5. The highest BCUT2D eigenvalue weighted by Gasteiger charge is 2.33. The van der Waals surface area contributed by atoms with Gasteiger partial charge < -0.3 is 14.6 Å². The van der Waals surface area contributed by atoms with Crippen LogP contribution in [0, 0.1) is 5.92 Å². The van der Waals surface area contributed by atoms with E-state index in [1.807, 2.05) is 25.2 Å². The van der Waals surface area contributed by atoms with Crippen LogP contribution in [0.1, 0.15) is 86.7 Å². The van der Waals surface area contributed by atoms with Gasteiger partial charge in [-0.15, -0.1) is 5.10 Å². The van der Waals surface area contributed by atoms with E-state index in [9.17, 15) is 9.90 Å². The Morgan fingerprint density at radius 1 is 1.05 bits per heavy atom. The number of hydrogen-bond donors (Lipinski definition) is 1. The minimum atomic E-state index is -0.734. The Hall–Kier alpha value is -3.56. The van der Waals surface area contributed by atoms with Crippen molar-refractivity contribution < 1.29 is 19.4 Å². The van der Waals surface area contributed by atoms with Crippen LogP contribution in [0.15, 0.2) is 24.4 Å². The van der Waals surface area contributed by atoms with Crippen LogP contribution in [-0.4, -0.2) is 47.1 Å². The normalized spacial score (nSPS) is 21.9. The third-order valence-electron chi connectivity index (χ3n) is 7.82. The first-order chi connectivity index (χ1) is 18.0. The zero-order chi connectivity index (χ0) is 25.4. The van der Waals surface area contributed by atoms with E-state index in [2.05, 4.69) is 20.3 Å². The van der Waals surface area contributed by atoms with Crippen LogP contribution in [0.2, 0.25) is 0 Å². The second-order valence-electron chi connectivity index (χ2n) is 10.5. The van der Waals surface area contributed by atoms with E-state index in [-0.39, 0.29) is 18.6 Å². The molecule has 0 radical (unpaired) electrons. The zero-order valence-electron chi connectivity index (χ0n) is 21.0. The minimum Gasteiger partial charge on any atom is -0.488 e. The molecule has 0 bridgehead atoms. The third kappa shape index (κ3) is 5.14. The molecular formula is C27H32N6O4. The largest absolute Gasteiger partial charge is 0.488 e. The fourth-order valence-corrected chi connectivity index (χ4v) is 5.22. The Kier molecular flexibility index (Phi) is 6.48. The number of carbonyl (C=O) groups is 1.